The Morgan fingerprint density at radius 3 is 2.88 bits per heavy atom. The first-order chi connectivity index (χ1) is 12.3. The summed E-state index contributed by atoms with van der Waals surface area (Å²) >= 11 is 0. The van der Waals surface area contributed by atoms with Crippen molar-refractivity contribution in [3.63, 3.8) is 0 Å². The average molecular weight is 340 g/mol. The van der Waals surface area contributed by atoms with Crippen molar-refractivity contribution in [1.82, 2.24) is 15.1 Å². The molecule has 7 heteroatoms. The zero-order chi connectivity index (χ0) is 17.1. The largest absolute Gasteiger partial charge is 0.376 e. The fraction of sp³-hybridized carbons (Fsp3) is 0.278. The van der Waals surface area contributed by atoms with Crippen LogP contribution >= 0.6 is 0 Å². The summed E-state index contributed by atoms with van der Waals surface area (Å²) in [5, 5.41) is 7.10. The molecule has 0 spiro atoms. The van der Waals surface area contributed by atoms with Gasteiger partial charge in [0.2, 0.25) is 5.82 Å². The van der Waals surface area contributed by atoms with Gasteiger partial charge in [-0.3, -0.25) is 0 Å². The molecule has 25 heavy (non-hydrogen) atoms. The fourth-order valence-corrected chi connectivity index (χ4v) is 2.74. The second-order valence-corrected chi connectivity index (χ2v) is 5.85. The summed E-state index contributed by atoms with van der Waals surface area (Å²) in [4.78, 5) is 8.60. The molecule has 1 N–H and O–H groups in total. The van der Waals surface area contributed by atoms with Crippen LogP contribution in [0.25, 0.3) is 22.8 Å². The predicted octanol–water partition coefficient (Wildman–Crippen LogP) is 3.53. The molecular formula is C18H17FN4O2. The number of halogens is 1. The van der Waals surface area contributed by atoms with Crippen molar-refractivity contribution < 1.29 is 13.7 Å². The molecule has 2 aromatic heterocycles. The lowest BCUT2D eigenvalue weighted by molar-refractivity contribution is 0.120. The van der Waals surface area contributed by atoms with E-state index in [1.807, 2.05) is 12.1 Å². The van der Waals surface area contributed by atoms with E-state index in [4.69, 9.17) is 9.26 Å². The summed E-state index contributed by atoms with van der Waals surface area (Å²) in [5.74, 6) is 0.889. The summed E-state index contributed by atoms with van der Waals surface area (Å²) in [6, 6.07) is 10.00. The Morgan fingerprint density at radius 2 is 2.12 bits per heavy atom. The number of hydrogen-bond donors (Lipinski definition) is 1. The molecular weight excluding hydrogens is 323 g/mol. The zero-order valence-corrected chi connectivity index (χ0v) is 13.5. The smallest absolute Gasteiger partial charge is 0.259 e. The Balaban J connectivity index is 1.46. The third-order valence-corrected chi connectivity index (χ3v) is 4.09. The molecule has 3 heterocycles. The van der Waals surface area contributed by atoms with Crippen molar-refractivity contribution in [3.05, 3.63) is 48.4 Å². The highest BCUT2D eigenvalue weighted by Crippen LogP contribution is 2.24. The van der Waals surface area contributed by atoms with E-state index in [0.717, 1.165) is 31.8 Å². The first-order valence-corrected chi connectivity index (χ1v) is 8.20. The molecule has 3 aromatic rings. The number of benzene rings is 1. The monoisotopic (exact) mass is 340 g/mol. The zero-order valence-electron chi connectivity index (χ0n) is 13.5. The third kappa shape index (κ3) is 3.51. The number of anilines is 1. The molecule has 128 valence electrons. The van der Waals surface area contributed by atoms with Crippen LogP contribution in [0.15, 0.2) is 47.1 Å². The van der Waals surface area contributed by atoms with Crippen LogP contribution in [-0.4, -0.2) is 34.4 Å². The van der Waals surface area contributed by atoms with Gasteiger partial charge in [-0.2, -0.15) is 4.98 Å². The molecule has 0 bridgehead atoms. The molecule has 1 aromatic carbocycles. The van der Waals surface area contributed by atoms with Gasteiger partial charge in [0.1, 0.15) is 11.6 Å². The van der Waals surface area contributed by atoms with Gasteiger partial charge in [0.25, 0.3) is 5.89 Å². The molecule has 0 aliphatic carbocycles. The Kier molecular flexibility index (Phi) is 4.39. The van der Waals surface area contributed by atoms with Crippen molar-refractivity contribution in [2.45, 2.75) is 18.9 Å². The molecule has 4 rings (SSSR count). The number of nitrogens with zero attached hydrogens (tertiary/aromatic N) is 3. The van der Waals surface area contributed by atoms with Crippen molar-refractivity contribution in [3.8, 4) is 22.8 Å². The number of pyridine rings is 1. The van der Waals surface area contributed by atoms with Gasteiger partial charge in [-0.25, -0.2) is 9.37 Å². The molecule has 1 aliphatic heterocycles. The fourth-order valence-electron chi connectivity index (χ4n) is 2.74. The van der Waals surface area contributed by atoms with Crippen LogP contribution in [0.2, 0.25) is 0 Å². The van der Waals surface area contributed by atoms with E-state index < -0.39 is 0 Å². The first kappa shape index (κ1) is 15.7. The van der Waals surface area contributed by atoms with Crippen molar-refractivity contribution >= 4 is 5.82 Å². The van der Waals surface area contributed by atoms with E-state index in [2.05, 4.69) is 20.4 Å². The molecule has 0 amide bonds. The van der Waals surface area contributed by atoms with Crippen molar-refractivity contribution in [2.24, 2.45) is 0 Å². The van der Waals surface area contributed by atoms with Crippen LogP contribution in [0.5, 0.6) is 0 Å². The SMILES string of the molecule is Fc1ccccc1-c1noc(-c2ccc(NC[C@H]3CCCO3)nc2)n1. The highest BCUT2D eigenvalue weighted by atomic mass is 19.1. The number of aromatic nitrogens is 3. The van der Waals surface area contributed by atoms with Gasteiger partial charge in [0, 0.05) is 19.3 Å². The van der Waals surface area contributed by atoms with Gasteiger partial charge in [0.05, 0.1) is 17.2 Å². The van der Waals surface area contributed by atoms with E-state index >= 15 is 0 Å². The molecule has 1 fully saturated rings. The minimum absolute atomic E-state index is 0.216. The van der Waals surface area contributed by atoms with Crippen LogP contribution in [0.4, 0.5) is 10.2 Å². The summed E-state index contributed by atoms with van der Waals surface area (Å²) in [6.07, 6.45) is 4.09. The van der Waals surface area contributed by atoms with Crippen molar-refractivity contribution in [1.29, 1.82) is 0 Å². The van der Waals surface area contributed by atoms with Crippen LogP contribution in [0, 0.1) is 5.82 Å². The molecule has 1 aliphatic rings. The molecule has 6 nitrogen and oxygen atoms in total. The summed E-state index contributed by atoms with van der Waals surface area (Å²) < 4.78 is 24.6. The van der Waals surface area contributed by atoms with Gasteiger partial charge in [0.15, 0.2) is 0 Å². The summed E-state index contributed by atoms with van der Waals surface area (Å²) in [5.41, 5.74) is 0.984. The lowest BCUT2D eigenvalue weighted by atomic mass is 10.2. The van der Waals surface area contributed by atoms with Gasteiger partial charge < -0.3 is 14.6 Å². The summed E-state index contributed by atoms with van der Waals surface area (Å²) in [6.45, 7) is 1.57. The third-order valence-electron chi connectivity index (χ3n) is 4.09. The predicted molar refractivity (Wildman–Crippen MR) is 90.4 cm³/mol. The standard InChI is InChI=1S/C18H17FN4O2/c19-15-6-2-1-5-14(15)17-22-18(25-23-17)12-7-8-16(20-10-12)21-11-13-4-3-9-24-13/h1-2,5-8,10,13H,3-4,9,11H2,(H,20,21)/t13-/m1/s1. The highest BCUT2D eigenvalue weighted by Gasteiger charge is 2.16. The molecule has 0 unspecified atom stereocenters. The van der Waals surface area contributed by atoms with E-state index in [9.17, 15) is 4.39 Å². The lowest BCUT2D eigenvalue weighted by Crippen LogP contribution is -2.18. The van der Waals surface area contributed by atoms with Crippen LogP contribution in [0.1, 0.15) is 12.8 Å². The van der Waals surface area contributed by atoms with E-state index in [1.54, 1.807) is 24.4 Å². The van der Waals surface area contributed by atoms with Gasteiger partial charge in [-0.1, -0.05) is 17.3 Å². The lowest BCUT2D eigenvalue weighted by Gasteiger charge is -2.11. The second kappa shape index (κ2) is 6.98. The van der Waals surface area contributed by atoms with Gasteiger partial charge in [-0.15, -0.1) is 0 Å². The average Bonchev–Trinajstić information content (AvgIpc) is 3.33. The van der Waals surface area contributed by atoms with Crippen LogP contribution < -0.4 is 5.32 Å². The second-order valence-electron chi connectivity index (χ2n) is 5.85. The Morgan fingerprint density at radius 1 is 1.20 bits per heavy atom. The minimum Gasteiger partial charge on any atom is -0.376 e. The van der Waals surface area contributed by atoms with Gasteiger partial charge in [-0.05, 0) is 37.1 Å². The minimum atomic E-state index is -0.387. The van der Waals surface area contributed by atoms with Gasteiger partial charge >= 0.3 is 0 Å². The van der Waals surface area contributed by atoms with E-state index in [0.29, 0.717) is 17.0 Å². The quantitative estimate of drug-likeness (QED) is 0.766. The van der Waals surface area contributed by atoms with Crippen molar-refractivity contribution in [2.75, 3.05) is 18.5 Å². The Labute approximate surface area is 144 Å². The van der Waals surface area contributed by atoms with Crippen LogP contribution in [-0.2, 0) is 4.74 Å². The maximum atomic E-state index is 13.8. The molecule has 1 saturated heterocycles. The van der Waals surface area contributed by atoms with E-state index in [-0.39, 0.29) is 17.7 Å². The summed E-state index contributed by atoms with van der Waals surface area (Å²) in [7, 11) is 0. The number of ether oxygens (including phenoxy) is 1. The number of rotatable bonds is 5. The highest BCUT2D eigenvalue weighted by molar-refractivity contribution is 5.60. The molecule has 0 radical (unpaired) electrons. The topological polar surface area (TPSA) is 73.1 Å². The molecule has 0 saturated carbocycles. The normalized spacial score (nSPS) is 16.9. The van der Waals surface area contributed by atoms with Crippen LogP contribution in [0.3, 0.4) is 0 Å². The number of hydrogen-bond acceptors (Lipinski definition) is 6. The van der Waals surface area contributed by atoms with E-state index in [1.165, 1.54) is 6.07 Å². The number of nitrogens with one attached hydrogen (secondary N) is 1. The first-order valence-electron chi connectivity index (χ1n) is 8.20. The molecule has 1 atom stereocenters. The Hall–Kier alpha value is -2.80. The maximum Gasteiger partial charge on any atom is 0.259 e. The Bertz CT molecular complexity index is 844. The maximum absolute atomic E-state index is 13.8.